The van der Waals surface area contributed by atoms with Crippen LogP contribution >= 0.6 is 0 Å². The highest BCUT2D eigenvalue weighted by atomic mass is 16.1. The van der Waals surface area contributed by atoms with Gasteiger partial charge in [0.05, 0.1) is 0 Å². The topological polar surface area (TPSA) is 45.8 Å². The Kier molecular flexibility index (Phi) is 2.80. The lowest BCUT2D eigenvalue weighted by atomic mass is 10.0. The Morgan fingerprint density at radius 1 is 1.24 bits per heavy atom. The van der Waals surface area contributed by atoms with E-state index in [2.05, 4.69) is 0 Å². The fourth-order valence-electron chi connectivity index (χ4n) is 1.77. The van der Waals surface area contributed by atoms with Crippen LogP contribution in [0.4, 0.5) is 0 Å². The number of rotatable bonds is 1. The minimum absolute atomic E-state index is 0.198. The number of aromatic nitrogens is 1. The minimum Gasteiger partial charge on any atom is -0.315 e. The molecule has 1 heterocycles. The van der Waals surface area contributed by atoms with Crippen LogP contribution in [0.2, 0.25) is 0 Å². The van der Waals surface area contributed by atoms with Crippen LogP contribution in [-0.2, 0) is 7.05 Å². The molecular weight excluding hydrogens is 212 g/mol. The molecule has 0 amide bonds. The molecule has 0 bridgehead atoms. The third kappa shape index (κ3) is 1.85. The van der Waals surface area contributed by atoms with Gasteiger partial charge in [-0.15, -0.1) is 0 Å². The summed E-state index contributed by atoms with van der Waals surface area (Å²) in [5.74, 6) is 0. The number of hydrogen-bond donors (Lipinski definition) is 0. The number of benzene rings is 1. The molecule has 0 radical (unpaired) electrons. The number of aryl methyl sites for hydroxylation is 1. The SMILES string of the molecule is Cc1cc(-c2ccccc2)c(C#N)c(=O)n1C. The van der Waals surface area contributed by atoms with Crippen LogP contribution < -0.4 is 5.56 Å². The van der Waals surface area contributed by atoms with Gasteiger partial charge in [0.1, 0.15) is 11.6 Å². The van der Waals surface area contributed by atoms with Crippen LogP contribution in [0.5, 0.6) is 0 Å². The summed E-state index contributed by atoms with van der Waals surface area (Å²) in [4.78, 5) is 12.0. The van der Waals surface area contributed by atoms with E-state index in [1.165, 1.54) is 4.57 Å². The summed E-state index contributed by atoms with van der Waals surface area (Å²) in [5, 5.41) is 9.11. The van der Waals surface area contributed by atoms with Crippen molar-refractivity contribution < 1.29 is 0 Å². The maximum atomic E-state index is 12.0. The molecular formula is C14H12N2O. The number of pyridine rings is 1. The average molecular weight is 224 g/mol. The highest BCUT2D eigenvalue weighted by Crippen LogP contribution is 2.21. The standard InChI is InChI=1S/C14H12N2O/c1-10-8-12(11-6-4-3-5-7-11)13(9-15)14(17)16(10)2/h3-8H,1-2H3. The molecule has 0 unspecified atom stereocenters. The van der Waals surface area contributed by atoms with Gasteiger partial charge in [-0.2, -0.15) is 5.26 Å². The summed E-state index contributed by atoms with van der Waals surface area (Å²) in [5.41, 5.74) is 2.39. The lowest BCUT2D eigenvalue weighted by Gasteiger charge is -2.09. The maximum absolute atomic E-state index is 12.0. The van der Waals surface area contributed by atoms with Crippen molar-refractivity contribution in [2.24, 2.45) is 7.05 Å². The number of nitrogens with zero attached hydrogens (tertiary/aromatic N) is 2. The molecule has 0 aliphatic rings. The van der Waals surface area contributed by atoms with Gasteiger partial charge in [0, 0.05) is 18.3 Å². The smallest absolute Gasteiger partial charge is 0.269 e. The Bertz CT molecular complexity index is 648. The van der Waals surface area contributed by atoms with Gasteiger partial charge >= 0.3 is 0 Å². The molecule has 84 valence electrons. The van der Waals surface area contributed by atoms with Gasteiger partial charge in [-0.3, -0.25) is 4.79 Å². The van der Waals surface area contributed by atoms with Gasteiger partial charge in [-0.05, 0) is 18.6 Å². The van der Waals surface area contributed by atoms with Crippen molar-refractivity contribution in [3.8, 4) is 17.2 Å². The molecule has 0 aliphatic carbocycles. The van der Waals surface area contributed by atoms with Gasteiger partial charge < -0.3 is 4.57 Å². The van der Waals surface area contributed by atoms with Crippen molar-refractivity contribution in [1.29, 1.82) is 5.26 Å². The normalized spacial score (nSPS) is 9.94. The van der Waals surface area contributed by atoms with Crippen molar-refractivity contribution >= 4 is 0 Å². The van der Waals surface area contributed by atoms with Crippen LogP contribution in [0.3, 0.4) is 0 Å². The van der Waals surface area contributed by atoms with Crippen LogP contribution in [0.15, 0.2) is 41.2 Å². The van der Waals surface area contributed by atoms with Crippen LogP contribution in [0, 0.1) is 18.3 Å². The Hall–Kier alpha value is -2.34. The van der Waals surface area contributed by atoms with E-state index in [1.807, 2.05) is 49.4 Å². The molecule has 0 aliphatic heterocycles. The van der Waals surface area contributed by atoms with Crippen molar-refractivity contribution in [2.75, 3.05) is 0 Å². The minimum atomic E-state index is -0.244. The molecule has 0 N–H and O–H groups in total. The highest BCUT2D eigenvalue weighted by molar-refractivity contribution is 5.70. The maximum Gasteiger partial charge on any atom is 0.269 e. The second kappa shape index (κ2) is 4.26. The van der Waals surface area contributed by atoms with Gasteiger partial charge in [0.2, 0.25) is 0 Å². The molecule has 3 nitrogen and oxygen atoms in total. The van der Waals surface area contributed by atoms with Crippen molar-refractivity contribution in [2.45, 2.75) is 6.92 Å². The third-order valence-corrected chi connectivity index (χ3v) is 2.87. The van der Waals surface area contributed by atoms with E-state index < -0.39 is 0 Å². The first-order valence-electron chi connectivity index (χ1n) is 5.31. The largest absolute Gasteiger partial charge is 0.315 e. The first-order valence-corrected chi connectivity index (χ1v) is 5.31. The third-order valence-electron chi connectivity index (χ3n) is 2.87. The molecule has 2 rings (SSSR count). The predicted molar refractivity (Wildman–Crippen MR) is 66.6 cm³/mol. The first kappa shape index (κ1) is 11.2. The van der Waals surface area contributed by atoms with Gasteiger partial charge in [0.15, 0.2) is 0 Å². The zero-order valence-corrected chi connectivity index (χ0v) is 9.77. The zero-order valence-electron chi connectivity index (χ0n) is 9.77. The Morgan fingerprint density at radius 2 is 1.88 bits per heavy atom. The lowest BCUT2D eigenvalue weighted by Crippen LogP contribution is -2.22. The van der Waals surface area contributed by atoms with E-state index in [-0.39, 0.29) is 11.1 Å². The fourth-order valence-corrected chi connectivity index (χ4v) is 1.77. The summed E-state index contributed by atoms with van der Waals surface area (Å²) in [7, 11) is 1.67. The van der Waals surface area contributed by atoms with Crippen molar-refractivity contribution in [1.82, 2.24) is 4.57 Å². The molecule has 0 atom stereocenters. The molecule has 0 saturated carbocycles. The Balaban J connectivity index is 2.81. The van der Waals surface area contributed by atoms with E-state index >= 15 is 0 Å². The number of nitriles is 1. The van der Waals surface area contributed by atoms with Crippen molar-refractivity contribution in [3.05, 3.63) is 58.0 Å². The van der Waals surface area contributed by atoms with E-state index in [0.717, 1.165) is 11.3 Å². The highest BCUT2D eigenvalue weighted by Gasteiger charge is 2.11. The molecule has 1 aromatic heterocycles. The molecule has 0 spiro atoms. The molecule has 0 fully saturated rings. The lowest BCUT2D eigenvalue weighted by molar-refractivity contribution is 0.816. The van der Waals surface area contributed by atoms with Crippen molar-refractivity contribution in [3.63, 3.8) is 0 Å². The molecule has 2 aromatic rings. The summed E-state index contributed by atoms with van der Waals surface area (Å²) in [6.07, 6.45) is 0. The van der Waals surface area contributed by atoms with E-state index in [1.54, 1.807) is 7.05 Å². The van der Waals surface area contributed by atoms with Gasteiger partial charge in [-0.25, -0.2) is 0 Å². The predicted octanol–water partition coefficient (Wildman–Crippen LogP) is 2.23. The quantitative estimate of drug-likeness (QED) is 0.745. The second-order valence-corrected chi connectivity index (χ2v) is 3.92. The molecule has 1 aromatic carbocycles. The number of hydrogen-bond acceptors (Lipinski definition) is 2. The summed E-state index contributed by atoms with van der Waals surface area (Å²) in [6.45, 7) is 1.86. The van der Waals surface area contributed by atoms with E-state index in [0.29, 0.717) is 5.56 Å². The molecule has 3 heteroatoms. The van der Waals surface area contributed by atoms with Crippen LogP contribution in [-0.4, -0.2) is 4.57 Å². The summed E-state index contributed by atoms with van der Waals surface area (Å²) >= 11 is 0. The summed E-state index contributed by atoms with van der Waals surface area (Å²) in [6, 6.07) is 13.4. The van der Waals surface area contributed by atoms with E-state index in [9.17, 15) is 4.79 Å². The second-order valence-electron chi connectivity index (χ2n) is 3.92. The Labute approximate surface area is 99.6 Å². The molecule has 17 heavy (non-hydrogen) atoms. The fraction of sp³-hybridized carbons (Fsp3) is 0.143. The Morgan fingerprint density at radius 3 is 2.47 bits per heavy atom. The van der Waals surface area contributed by atoms with Crippen LogP contribution in [0.25, 0.3) is 11.1 Å². The molecule has 0 saturated heterocycles. The van der Waals surface area contributed by atoms with Gasteiger partial charge in [0.25, 0.3) is 5.56 Å². The van der Waals surface area contributed by atoms with Crippen LogP contribution in [0.1, 0.15) is 11.3 Å². The first-order chi connectivity index (χ1) is 8.15. The van der Waals surface area contributed by atoms with E-state index in [4.69, 9.17) is 5.26 Å². The average Bonchev–Trinajstić information content (AvgIpc) is 2.36. The summed E-state index contributed by atoms with van der Waals surface area (Å²) < 4.78 is 1.49. The van der Waals surface area contributed by atoms with Gasteiger partial charge in [-0.1, -0.05) is 30.3 Å². The zero-order chi connectivity index (χ0) is 12.4. The monoisotopic (exact) mass is 224 g/mol.